The van der Waals surface area contributed by atoms with Gasteiger partial charge < -0.3 is 19.6 Å². The highest BCUT2D eigenvalue weighted by Gasteiger charge is 2.29. The van der Waals surface area contributed by atoms with Crippen molar-refractivity contribution in [1.82, 2.24) is 9.80 Å². The van der Waals surface area contributed by atoms with Gasteiger partial charge in [-0.3, -0.25) is 0 Å². The Morgan fingerprint density at radius 3 is 1.94 bits per heavy atom. The number of piperidine rings is 2. The molecule has 3 aliphatic rings. The second-order valence-corrected chi connectivity index (χ2v) is 9.70. The van der Waals surface area contributed by atoms with Crippen LogP contribution in [-0.4, -0.2) is 59.3 Å². The minimum atomic E-state index is -0.159. The second-order valence-electron chi connectivity index (χ2n) is 9.70. The number of likely N-dealkylation sites (tertiary alicyclic amines) is 2. The van der Waals surface area contributed by atoms with Gasteiger partial charge in [0.15, 0.2) is 0 Å². The Kier molecular flexibility index (Phi) is 6.52. The minimum Gasteiger partial charge on any atom is -0.490 e. The summed E-state index contributed by atoms with van der Waals surface area (Å²) in [5.74, 6) is 0.980. The highest BCUT2D eigenvalue weighted by molar-refractivity contribution is 5.69. The van der Waals surface area contributed by atoms with Gasteiger partial charge in [0.2, 0.25) is 0 Å². The molecule has 0 atom stereocenters. The number of nitrogens with zero attached hydrogens (tertiary/aromatic N) is 2. The molecule has 0 aromatic heterocycles. The number of aliphatic hydroxyl groups excluding tert-OH is 1. The van der Waals surface area contributed by atoms with Crippen molar-refractivity contribution in [2.45, 2.75) is 63.2 Å². The van der Waals surface area contributed by atoms with Gasteiger partial charge in [0.1, 0.15) is 11.9 Å². The van der Waals surface area contributed by atoms with E-state index in [1.165, 1.54) is 43.5 Å². The molecule has 4 heteroatoms. The molecule has 4 nitrogen and oxygen atoms in total. The van der Waals surface area contributed by atoms with Crippen LogP contribution in [0.3, 0.4) is 0 Å². The van der Waals surface area contributed by atoms with Crippen molar-refractivity contribution in [3.05, 3.63) is 60.7 Å². The van der Waals surface area contributed by atoms with E-state index in [1.54, 1.807) is 0 Å². The van der Waals surface area contributed by atoms with E-state index in [0.29, 0.717) is 6.10 Å². The molecule has 0 radical (unpaired) electrons. The molecule has 5 rings (SSSR count). The van der Waals surface area contributed by atoms with Gasteiger partial charge >= 0.3 is 0 Å². The van der Waals surface area contributed by atoms with Crippen LogP contribution in [0, 0.1) is 0 Å². The average molecular weight is 433 g/mol. The monoisotopic (exact) mass is 432 g/mol. The zero-order chi connectivity index (χ0) is 21.9. The van der Waals surface area contributed by atoms with Crippen molar-refractivity contribution < 1.29 is 9.84 Å². The molecule has 32 heavy (non-hydrogen) atoms. The summed E-state index contributed by atoms with van der Waals surface area (Å²) >= 11 is 0. The summed E-state index contributed by atoms with van der Waals surface area (Å²) in [7, 11) is 0. The quantitative estimate of drug-likeness (QED) is 0.683. The standard InChI is InChI=1S/C28H36N2O2/c1-21(29-17-13-26(31)14-18-29)22-5-7-23(8-6-22)24-9-11-27(12-10-24)32-28-15-19-30(20-16-28)25-3-2-4-25/h5-12,25-26,28,31H,1-4,13-20H2. The largest absolute Gasteiger partial charge is 0.490 e. The van der Waals surface area contributed by atoms with Gasteiger partial charge in [-0.15, -0.1) is 0 Å². The van der Waals surface area contributed by atoms with Crippen LogP contribution in [0.2, 0.25) is 0 Å². The third kappa shape index (κ3) is 4.87. The molecule has 2 saturated heterocycles. The van der Waals surface area contributed by atoms with Crippen LogP contribution in [0.4, 0.5) is 0 Å². The molecular formula is C28H36N2O2. The first-order valence-electron chi connectivity index (χ1n) is 12.4. The van der Waals surface area contributed by atoms with Crippen molar-refractivity contribution in [3.63, 3.8) is 0 Å². The lowest BCUT2D eigenvalue weighted by Crippen LogP contribution is -2.46. The zero-order valence-electron chi connectivity index (χ0n) is 19.1. The average Bonchev–Trinajstić information content (AvgIpc) is 2.80. The number of ether oxygens (including phenoxy) is 1. The third-order valence-corrected chi connectivity index (χ3v) is 7.62. The van der Waals surface area contributed by atoms with Gasteiger partial charge in [0.05, 0.1) is 6.10 Å². The Balaban J connectivity index is 1.15. The molecule has 2 aromatic rings. The maximum atomic E-state index is 9.73. The first kappa shape index (κ1) is 21.5. The Hall–Kier alpha value is -2.30. The van der Waals surface area contributed by atoms with E-state index in [1.807, 2.05) is 0 Å². The molecule has 1 aliphatic carbocycles. The Bertz CT molecular complexity index is 888. The van der Waals surface area contributed by atoms with Crippen molar-refractivity contribution in [2.75, 3.05) is 26.2 Å². The topological polar surface area (TPSA) is 35.9 Å². The number of hydrogen-bond donors (Lipinski definition) is 1. The third-order valence-electron chi connectivity index (χ3n) is 7.62. The van der Waals surface area contributed by atoms with E-state index >= 15 is 0 Å². The van der Waals surface area contributed by atoms with Gasteiger partial charge in [-0.05, 0) is 67.3 Å². The smallest absolute Gasteiger partial charge is 0.119 e. The molecule has 3 fully saturated rings. The molecule has 1 saturated carbocycles. The molecule has 0 spiro atoms. The SMILES string of the molecule is C=C(c1ccc(-c2ccc(OC3CCN(C4CCC4)CC3)cc2)cc1)N1CCC(O)CC1. The van der Waals surface area contributed by atoms with Gasteiger partial charge in [0, 0.05) is 37.9 Å². The van der Waals surface area contributed by atoms with Crippen LogP contribution in [0.5, 0.6) is 5.75 Å². The summed E-state index contributed by atoms with van der Waals surface area (Å²) < 4.78 is 6.29. The summed E-state index contributed by atoms with van der Waals surface area (Å²) in [6.07, 6.45) is 8.31. The fourth-order valence-corrected chi connectivity index (χ4v) is 5.20. The van der Waals surface area contributed by atoms with Crippen LogP contribution in [0.1, 0.15) is 50.5 Å². The molecule has 0 unspecified atom stereocenters. The molecule has 170 valence electrons. The predicted molar refractivity (Wildman–Crippen MR) is 131 cm³/mol. The van der Waals surface area contributed by atoms with Crippen LogP contribution >= 0.6 is 0 Å². The zero-order valence-corrected chi connectivity index (χ0v) is 19.1. The number of rotatable bonds is 6. The molecule has 2 aromatic carbocycles. The first-order chi connectivity index (χ1) is 15.7. The van der Waals surface area contributed by atoms with Crippen LogP contribution < -0.4 is 4.74 Å². The van der Waals surface area contributed by atoms with E-state index in [0.717, 1.165) is 61.8 Å². The van der Waals surface area contributed by atoms with Gasteiger partial charge in [0.25, 0.3) is 0 Å². The fourth-order valence-electron chi connectivity index (χ4n) is 5.20. The number of benzene rings is 2. The second kappa shape index (κ2) is 9.68. The Morgan fingerprint density at radius 1 is 0.781 bits per heavy atom. The fraction of sp³-hybridized carbons (Fsp3) is 0.500. The highest BCUT2D eigenvalue weighted by Crippen LogP contribution is 2.30. The van der Waals surface area contributed by atoms with E-state index in [9.17, 15) is 5.11 Å². The molecule has 1 N–H and O–H groups in total. The van der Waals surface area contributed by atoms with Gasteiger partial charge in [-0.25, -0.2) is 0 Å². The van der Waals surface area contributed by atoms with Crippen molar-refractivity contribution in [1.29, 1.82) is 0 Å². The summed E-state index contributed by atoms with van der Waals surface area (Å²) in [6.45, 7) is 8.41. The normalized spacial score (nSPS) is 21.3. The Morgan fingerprint density at radius 2 is 1.38 bits per heavy atom. The summed E-state index contributed by atoms with van der Waals surface area (Å²) in [5, 5.41) is 9.73. The molecule has 0 bridgehead atoms. The van der Waals surface area contributed by atoms with Gasteiger partial charge in [-0.2, -0.15) is 0 Å². The van der Waals surface area contributed by atoms with E-state index < -0.39 is 0 Å². The van der Waals surface area contributed by atoms with Gasteiger partial charge in [-0.1, -0.05) is 49.4 Å². The summed E-state index contributed by atoms with van der Waals surface area (Å²) in [6, 6.07) is 18.1. The van der Waals surface area contributed by atoms with Crippen LogP contribution in [0.15, 0.2) is 55.1 Å². The number of aliphatic hydroxyl groups is 1. The summed E-state index contributed by atoms with van der Waals surface area (Å²) in [4.78, 5) is 4.95. The molecule has 2 aliphatic heterocycles. The van der Waals surface area contributed by atoms with Crippen molar-refractivity contribution in [2.24, 2.45) is 0 Å². The lowest BCUT2D eigenvalue weighted by atomic mass is 9.90. The van der Waals surface area contributed by atoms with E-state index in [2.05, 4.69) is 64.9 Å². The number of hydrogen-bond acceptors (Lipinski definition) is 4. The van der Waals surface area contributed by atoms with Crippen LogP contribution in [-0.2, 0) is 0 Å². The first-order valence-corrected chi connectivity index (χ1v) is 12.4. The maximum Gasteiger partial charge on any atom is 0.119 e. The van der Waals surface area contributed by atoms with Crippen LogP contribution in [0.25, 0.3) is 16.8 Å². The summed E-state index contributed by atoms with van der Waals surface area (Å²) in [5.41, 5.74) is 4.61. The molecular weight excluding hydrogens is 396 g/mol. The van der Waals surface area contributed by atoms with E-state index in [4.69, 9.17) is 4.74 Å². The maximum absolute atomic E-state index is 9.73. The van der Waals surface area contributed by atoms with Crippen molar-refractivity contribution >= 4 is 5.70 Å². The molecule has 0 amide bonds. The highest BCUT2D eigenvalue weighted by atomic mass is 16.5. The predicted octanol–water partition coefficient (Wildman–Crippen LogP) is 5.18. The van der Waals surface area contributed by atoms with E-state index in [-0.39, 0.29) is 6.10 Å². The molecule has 2 heterocycles. The minimum absolute atomic E-state index is 0.159. The Labute approximate surface area is 192 Å². The lowest BCUT2D eigenvalue weighted by Gasteiger charge is -2.41. The lowest BCUT2D eigenvalue weighted by molar-refractivity contribution is 0.0493. The van der Waals surface area contributed by atoms with Crippen molar-refractivity contribution in [3.8, 4) is 16.9 Å².